The van der Waals surface area contributed by atoms with E-state index in [1.54, 1.807) is 17.4 Å². The molecule has 1 aromatic carbocycles. The molecule has 1 aliphatic rings. The van der Waals surface area contributed by atoms with Gasteiger partial charge in [0, 0.05) is 10.9 Å². The molecule has 0 fully saturated rings. The van der Waals surface area contributed by atoms with Crippen molar-refractivity contribution in [2.45, 2.75) is 17.8 Å². The monoisotopic (exact) mass is 307 g/mol. The third-order valence-corrected chi connectivity index (χ3v) is 4.11. The molecule has 1 atom stereocenters. The maximum absolute atomic E-state index is 12.1. The fraction of sp³-hybridized carbons (Fsp3) is 0.250. The number of rotatable bonds is 2. The zero-order chi connectivity index (χ0) is 14.0. The fourth-order valence-electron chi connectivity index (χ4n) is 1.62. The maximum atomic E-state index is 12.1. The van der Waals surface area contributed by atoms with Gasteiger partial charge in [-0.05, 0) is 24.1 Å². The van der Waals surface area contributed by atoms with Crippen molar-refractivity contribution in [3.8, 4) is 0 Å². The van der Waals surface area contributed by atoms with Gasteiger partial charge in [0.05, 0.1) is 4.36 Å². The Morgan fingerprint density at radius 1 is 1.32 bits per heavy atom. The average molecular weight is 308 g/mol. The quantitative estimate of drug-likeness (QED) is 0.875. The van der Waals surface area contributed by atoms with Crippen molar-refractivity contribution >= 4 is 35.0 Å². The Morgan fingerprint density at radius 3 is 2.42 bits per heavy atom. The number of anilines is 1. The first-order valence-electron chi connectivity index (χ1n) is 5.37. The van der Waals surface area contributed by atoms with Gasteiger partial charge in [0.15, 0.2) is 0 Å². The van der Waals surface area contributed by atoms with Crippen molar-refractivity contribution in [1.29, 1.82) is 0 Å². The summed E-state index contributed by atoms with van der Waals surface area (Å²) in [5.74, 6) is -1.97. The van der Waals surface area contributed by atoms with Crippen LogP contribution < -0.4 is 5.32 Å². The third-order valence-electron chi connectivity index (χ3n) is 2.55. The average Bonchev–Trinajstić information content (AvgIpc) is 2.75. The number of amides is 1. The predicted molar refractivity (Wildman–Crippen MR) is 70.0 cm³/mol. The van der Waals surface area contributed by atoms with E-state index in [9.17, 15) is 18.0 Å². The lowest BCUT2D eigenvalue weighted by molar-refractivity contribution is -0.167. The first-order chi connectivity index (χ1) is 8.86. The summed E-state index contributed by atoms with van der Waals surface area (Å²) in [6.07, 6.45) is -2.19. The lowest BCUT2D eigenvalue weighted by Crippen LogP contribution is -2.29. The maximum Gasteiger partial charge on any atom is 0.471 e. The molecule has 1 aliphatic heterocycles. The van der Waals surface area contributed by atoms with Gasteiger partial charge >= 0.3 is 12.1 Å². The molecule has 0 saturated carbocycles. The Hall–Kier alpha value is -1.14. The Balaban J connectivity index is 2.01. The molecular weight excluding hydrogens is 299 g/mol. The van der Waals surface area contributed by atoms with Gasteiger partial charge in [-0.3, -0.25) is 4.79 Å². The molecule has 1 N–H and O–H groups in total. The van der Waals surface area contributed by atoms with Crippen LogP contribution in [-0.2, 0) is 4.79 Å². The van der Waals surface area contributed by atoms with Crippen LogP contribution in [0.5, 0.6) is 0 Å². The number of thioether (sulfide) groups is 1. The number of hydrogen-bond acceptors (Lipinski definition) is 2. The molecule has 7 heteroatoms. The van der Waals surface area contributed by atoms with E-state index in [2.05, 4.69) is 0 Å². The number of allylic oxidation sites excluding steroid dienone is 1. The van der Waals surface area contributed by atoms with E-state index in [0.717, 1.165) is 16.3 Å². The van der Waals surface area contributed by atoms with Crippen LogP contribution in [0.1, 0.15) is 17.2 Å². The summed E-state index contributed by atoms with van der Waals surface area (Å²) < 4.78 is 36.9. The SMILES string of the molecule is O=C(Nc1ccc(C2CC=C(Cl)S2)cc1)C(F)(F)F. The first-order valence-corrected chi connectivity index (χ1v) is 6.62. The highest BCUT2D eigenvalue weighted by Gasteiger charge is 2.38. The highest BCUT2D eigenvalue weighted by atomic mass is 35.5. The number of halogens is 4. The summed E-state index contributed by atoms with van der Waals surface area (Å²) in [4.78, 5) is 10.8. The van der Waals surface area contributed by atoms with Gasteiger partial charge in [-0.1, -0.05) is 29.8 Å². The molecule has 0 saturated heterocycles. The van der Waals surface area contributed by atoms with E-state index in [0.29, 0.717) is 0 Å². The molecule has 0 bridgehead atoms. The zero-order valence-electron chi connectivity index (χ0n) is 9.50. The predicted octanol–water partition coefficient (Wildman–Crippen LogP) is 4.45. The molecule has 1 heterocycles. The lowest BCUT2D eigenvalue weighted by Gasteiger charge is -2.11. The minimum absolute atomic E-state index is 0.119. The van der Waals surface area contributed by atoms with Crippen LogP contribution in [0.4, 0.5) is 18.9 Å². The van der Waals surface area contributed by atoms with E-state index >= 15 is 0 Å². The normalized spacial score (nSPS) is 19.2. The summed E-state index contributed by atoms with van der Waals surface area (Å²) in [6, 6.07) is 6.28. The number of hydrogen-bond donors (Lipinski definition) is 1. The summed E-state index contributed by atoms with van der Waals surface area (Å²) in [5.41, 5.74) is 1.08. The Labute approximate surface area is 117 Å². The number of alkyl halides is 3. The largest absolute Gasteiger partial charge is 0.471 e. The van der Waals surface area contributed by atoms with E-state index in [-0.39, 0.29) is 10.9 Å². The van der Waals surface area contributed by atoms with Crippen LogP contribution in [0.25, 0.3) is 0 Å². The minimum Gasteiger partial charge on any atom is -0.318 e. The number of nitrogens with one attached hydrogen (secondary N) is 1. The molecule has 102 valence electrons. The molecular formula is C12H9ClF3NOS. The van der Waals surface area contributed by atoms with Crippen molar-refractivity contribution in [3.63, 3.8) is 0 Å². The van der Waals surface area contributed by atoms with Crippen LogP contribution >= 0.6 is 23.4 Å². The number of carbonyl (C=O) groups is 1. The van der Waals surface area contributed by atoms with Gasteiger partial charge in [-0.25, -0.2) is 0 Å². The molecule has 2 nitrogen and oxygen atoms in total. The van der Waals surface area contributed by atoms with Crippen LogP contribution in [0.15, 0.2) is 34.7 Å². The number of benzene rings is 1. The molecule has 1 unspecified atom stereocenters. The molecule has 0 radical (unpaired) electrons. The van der Waals surface area contributed by atoms with E-state index in [1.165, 1.54) is 23.9 Å². The fourth-order valence-corrected chi connectivity index (χ4v) is 2.98. The summed E-state index contributed by atoms with van der Waals surface area (Å²) in [5, 5.41) is 1.98. The van der Waals surface area contributed by atoms with Gasteiger partial charge in [0.1, 0.15) is 0 Å². The van der Waals surface area contributed by atoms with Crippen molar-refractivity contribution in [3.05, 3.63) is 40.3 Å². The Morgan fingerprint density at radius 2 is 1.95 bits per heavy atom. The Bertz CT molecular complexity index is 513. The molecule has 1 aromatic rings. The van der Waals surface area contributed by atoms with Gasteiger partial charge < -0.3 is 5.32 Å². The second-order valence-electron chi connectivity index (χ2n) is 3.92. The smallest absolute Gasteiger partial charge is 0.318 e. The molecule has 0 aliphatic carbocycles. The lowest BCUT2D eigenvalue weighted by atomic mass is 10.1. The van der Waals surface area contributed by atoms with Crippen LogP contribution in [0.3, 0.4) is 0 Å². The second-order valence-corrected chi connectivity index (χ2v) is 5.80. The van der Waals surface area contributed by atoms with Crippen molar-refractivity contribution in [2.24, 2.45) is 0 Å². The minimum atomic E-state index is -4.88. The van der Waals surface area contributed by atoms with Gasteiger partial charge in [-0.15, -0.1) is 11.8 Å². The molecule has 19 heavy (non-hydrogen) atoms. The summed E-state index contributed by atoms with van der Waals surface area (Å²) in [6.45, 7) is 0. The Kier molecular flexibility index (Phi) is 4.10. The van der Waals surface area contributed by atoms with E-state index in [4.69, 9.17) is 11.6 Å². The first kappa shape index (κ1) is 14.3. The molecule has 2 rings (SSSR count). The third kappa shape index (κ3) is 3.67. The van der Waals surface area contributed by atoms with Gasteiger partial charge in [-0.2, -0.15) is 13.2 Å². The van der Waals surface area contributed by atoms with Gasteiger partial charge in [0.2, 0.25) is 0 Å². The van der Waals surface area contributed by atoms with Crippen molar-refractivity contribution < 1.29 is 18.0 Å². The highest BCUT2D eigenvalue weighted by molar-refractivity contribution is 8.05. The van der Waals surface area contributed by atoms with Gasteiger partial charge in [0.25, 0.3) is 0 Å². The van der Waals surface area contributed by atoms with Crippen LogP contribution in [-0.4, -0.2) is 12.1 Å². The standard InChI is InChI=1S/C12H9ClF3NOS/c13-10-6-5-9(19-10)7-1-3-8(4-2-7)17-11(18)12(14,15)16/h1-4,6,9H,5H2,(H,17,18). The van der Waals surface area contributed by atoms with Crippen molar-refractivity contribution in [1.82, 2.24) is 0 Å². The zero-order valence-corrected chi connectivity index (χ0v) is 11.1. The highest BCUT2D eigenvalue weighted by Crippen LogP contribution is 2.45. The summed E-state index contributed by atoms with van der Waals surface area (Å²) >= 11 is 7.35. The van der Waals surface area contributed by atoms with Crippen LogP contribution in [0, 0.1) is 0 Å². The van der Waals surface area contributed by atoms with E-state index < -0.39 is 12.1 Å². The van der Waals surface area contributed by atoms with Crippen LogP contribution in [0.2, 0.25) is 0 Å². The number of carbonyl (C=O) groups excluding carboxylic acids is 1. The summed E-state index contributed by atoms with van der Waals surface area (Å²) in [7, 11) is 0. The molecule has 1 amide bonds. The second kappa shape index (κ2) is 5.46. The molecule has 0 aromatic heterocycles. The van der Waals surface area contributed by atoms with Crippen molar-refractivity contribution in [2.75, 3.05) is 5.32 Å². The van der Waals surface area contributed by atoms with E-state index in [1.807, 2.05) is 6.08 Å². The molecule has 0 spiro atoms. The topological polar surface area (TPSA) is 29.1 Å².